The number of pyridine rings is 1. The summed E-state index contributed by atoms with van der Waals surface area (Å²) in [6.45, 7) is 2.96. The molecule has 18 heavy (non-hydrogen) atoms. The second-order valence-corrected chi connectivity index (χ2v) is 5.02. The molecule has 0 aliphatic carbocycles. The van der Waals surface area contributed by atoms with E-state index >= 15 is 0 Å². The first-order valence-corrected chi connectivity index (χ1v) is 7.45. The molecule has 1 heterocycles. The lowest BCUT2D eigenvalue weighted by molar-refractivity contribution is 0.293. The van der Waals surface area contributed by atoms with Gasteiger partial charge in [-0.25, -0.2) is 4.98 Å². The summed E-state index contributed by atoms with van der Waals surface area (Å²) in [5, 5.41) is 0.595. The highest BCUT2D eigenvalue weighted by Gasteiger charge is 2.00. The Balaban J connectivity index is 1.94. The van der Waals surface area contributed by atoms with Crippen molar-refractivity contribution in [3.05, 3.63) is 23.4 Å². The number of hydrogen-bond acceptors (Lipinski definition) is 2. The van der Waals surface area contributed by atoms with E-state index in [4.69, 9.17) is 16.3 Å². The van der Waals surface area contributed by atoms with E-state index in [-0.39, 0.29) is 0 Å². The fourth-order valence-electron chi connectivity index (χ4n) is 1.88. The van der Waals surface area contributed by atoms with Gasteiger partial charge in [-0.05, 0) is 18.6 Å². The van der Waals surface area contributed by atoms with Crippen molar-refractivity contribution in [3.63, 3.8) is 0 Å². The quantitative estimate of drug-likeness (QED) is 0.541. The lowest BCUT2D eigenvalue weighted by Crippen LogP contribution is -1.99. The van der Waals surface area contributed by atoms with Crippen molar-refractivity contribution in [2.24, 2.45) is 0 Å². The van der Waals surface area contributed by atoms with Crippen LogP contribution in [0.25, 0.3) is 0 Å². The summed E-state index contributed by atoms with van der Waals surface area (Å²) in [5.74, 6) is 0.558. The Morgan fingerprint density at radius 1 is 1.06 bits per heavy atom. The van der Waals surface area contributed by atoms with E-state index in [0.717, 1.165) is 6.42 Å². The Morgan fingerprint density at radius 3 is 2.39 bits per heavy atom. The number of hydrogen-bond donors (Lipinski definition) is 0. The Hall–Kier alpha value is -0.760. The fourth-order valence-corrected chi connectivity index (χ4v) is 2.06. The van der Waals surface area contributed by atoms with Crippen LogP contribution in [0.4, 0.5) is 0 Å². The van der Waals surface area contributed by atoms with E-state index in [2.05, 4.69) is 11.9 Å². The monoisotopic (exact) mass is 269 g/mol. The molecule has 0 N–H and O–H groups in total. The van der Waals surface area contributed by atoms with Crippen molar-refractivity contribution in [3.8, 4) is 5.88 Å². The zero-order chi connectivity index (χ0) is 13.1. The minimum atomic E-state index is 0.558. The smallest absolute Gasteiger partial charge is 0.232 e. The lowest BCUT2D eigenvalue weighted by Gasteiger charge is -2.06. The topological polar surface area (TPSA) is 22.1 Å². The minimum absolute atomic E-state index is 0.558. The van der Waals surface area contributed by atoms with E-state index in [1.54, 1.807) is 12.3 Å². The van der Waals surface area contributed by atoms with Gasteiger partial charge in [0, 0.05) is 6.20 Å². The third kappa shape index (κ3) is 6.85. The van der Waals surface area contributed by atoms with Gasteiger partial charge in [0.05, 0.1) is 6.61 Å². The molecular formula is C15H24ClNO. The molecule has 0 radical (unpaired) electrons. The number of rotatable bonds is 10. The van der Waals surface area contributed by atoms with Gasteiger partial charge < -0.3 is 4.74 Å². The van der Waals surface area contributed by atoms with Crippen LogP contribution in [0.15, 0.2) is 18.3 Å². The van der Waals surface area contributed by atoms with E-state index in [9.17, 15) is 0 Å². The van der Waals surface area contributed by atoms with Gasteiger partial charge in [-0.2, -0.15) is 0 Å². The van der Waals surface area contributed by atoms with Crippen LogP contribution in [-0.2, 0) is 0 Å². The summed E-state index contributed by atoms with van der Waals surface area (Å²) in [4.78, 5) is 4.09. The van der Waals surface area contributed by atoms with Gasteiger partial charge in [0.15, 0.2) is 0 Å². The molecule has 0 fully saturated rings. The average molecular weight is 270 g/mol. The molecule has 0 spiro atoms. The molecule has 0 bridgehead atoms. The van der Waals surface area contributed by atoms with Crippen LogP contribution in [0.1, 0.15) is 58.3 Å². The summed E-state index contributed by atoms with van der Waals surface area (Å²) < 4.78 is 5.54. The molecule has 2 nitrogen and oxygen atoms in total. The predicted octanol–water partition coefficient (Wildman–Crippen LogP) is 5.25. The maximum Gasteiger partial charge on any atom is 0.232 e. The van der Waals surface area contributed by atoms with Crippen molar-refractivity contribution < 1.29 is 4.74 Å². The summed E-state index contributed by atoms with van der Waals surface area (Å²) in [5.41, 5.74) is 0. The maximum absolute atomic E-state index is 5.95. The van der Waals surface area contributed by atoms with Crippen molar-refractivity contribution in [1.29, 1.82) is 0 Å². The van der Waals surface area contributed by atoms with E-state index < -0.39 is 0 Å². The van der Waals surface area contributed by atoms with E-state index in [1.807, 2.05) is 6.07 Å². The van der Waals surface area contributed by atoms with Gasteiger partial charge in [0.1, 0.15) is 5.02 Å². The van der Waals surface area contributed by atoms with Gasteiger partial charge in [-0.1, -0.05) is 63.5 Å². The first kappa shape index (κ1) is 15.3. The zero-order valence-electron chi connectivity index (χ0n) is 11.3. The highest BCUT2D eigenvalue weighted by Crippen LogP contribution is 2.20. The molecule has 102 valence electrons. The van der Waals surface area contributed by atoms with Crippen molar-refractivity contribution in [2.45, 2.75) is 58.3 Å². The normalized spacial score (nSPS) is 10.6. The molecule has 0 aliphatic heterocycles. The number of unbranched alkanes of at least 4 members (excludes halogenated alkanes) is 7. The van der Waals surface area contributed by atoms with Crippen LogP contribution in [0.3, 0.4) is 0 Å². The number of nitrogens with zero attached hydrogens (tertiary/aromatic N) is 1. The predicted molar refractivity (Wildman–Crippen MR) is 77.4 cm³/mol. The molecule has 0 saturated heterocycles. The standard InChI is InChI=1S/C15H24ClNO/c1-2-3-4-5-6-7-8-9-13-18-15-14(16)11-10-12-17-15/h10-12H,2-9,13H2,1H3. The van der Waals surface area contributed by atoms with Gasteiger partial charge in [-0.3, -0.25) is 0 Å². The second kappa shape index (κ2) is 10.2. The molecule has 1 aromatic heterocycles. The fraction of sp³-hybridized carbons (Fsp3) is 0.667. The number of halogens is 1. The molecule has 0 aromatic carbocycles. The van der Waals surface area contributed by atoms with Gasteiger partial charge >= 0.3 is 0 Å². The molecule has 0 amide bonds. The largest absolute Gasteiger partial charge is 0.477 e. The highest BCUT2D eigenvalue weighted by molar-refractivity contribution is 6.31. The lowest BCUT2D eigenvalue weighted by atomic mass is 10.1. The van der Waals surface area contributed by atoms with E-state index in [0.29, 0.717) is 17.5 Å². The summed E-state index contributed by atoms with van der Waals surface area (Å²) in [7, 11) is 0. The molecule has 0 saturated carbocycles. The molecular weight excluding hydrogens is 246 g/mol. The maximum atomic E-state index is 5.95. The van der Waals surface area contributed by atoms with Crippen molar-refractivity contribution in [1.82, 2.24) is 4.98 Å². The Bertz CT molecular complexity index is 317. The van der Waals surface area contributed by atoms with Crippen LogP contribution in [0.5, 0.6) is 5.88 Å². The Morgan fingerprint density at radius 2 is 1.72 bits per heavy atom. The molecule has 1 aromatic rings. The molecule has 0 atom stereocenters. The summed E-state index contributed by atoms with van der Waals surface area (Å²) in [6, 6.07) is 3.61. The first-order valence-electron chi connectivity index (χ1n) is 7.08. The number of ether oxygens (including phenoxy) is 1. The average Bonchev–Trinajstić information content (AvgIpc) is 2.39. The van der Waals surface area contributed by atoms with Crippen LogP contribution >= 0.6 is 11.6 Å². The summed E-state index contributed by atoms with van der Waals surface area (Å²) in [6.07, 6.45) is 12.1. The highest BCUT2D eigenvalue weighted by atomic mass is 35.5. The van der Waals surface area contributed by atoms with E-state index in [1.165, 1.54) is 44.9 Å². The second-order valence-electron chi connectivity index (χ2n) is 4.61. The molecule has 0 aliphatic rings. The molecule has 3 heteroatoms. The van der Waals surface area contributed by atoms with Crippen molar-refractivity contribution in [2.75, 3.05) is 6.61 Å². The first-order chi connectivity index (χ1) is 8.84. The van der Waals surface area contributed by atoms with Gasteiger partial charge in [0.2, 0.25) is 5.88 Å². The Labute approximate surface area is 116 Å². The third-order valence-corrected chi connectivity index (χ3v) is 3.25. The van der Waals surface area contributed by atoms with Gasteiger partial charge in [-0.15, -0.1) is 0 Å². The van der Waals surface area contributed by atoms with Crippen LogP contribution in [0.2, 0.25) is 5.02 Å². The Kier molecular flexibility index (Phi) is 8.66. The van der Waals surface area contributed by atoms with Crippen LogP contribution in [0, 0.1) is 0 Å². The molecule has 0 unspecified atom stereocenters. The van der Waals surface area contributed by atoms with Crippen LogP contribution < -0.4 is 4.74 Å². The number of aromatic nitrogens is 1. The third-order valence-electron chi connectivity index (χ3n) is 2.96. The van der Waals surface area contributed by atoms with Gasteiger partial charge in [0.25, 0.3) is 0 Å². The minimum Gasteiger partial charge on any atom is -0.477 e. The molecule has 1 rings (SSSR count). The van der Waals surface area contributed by atoms with Crippen LogP contribution in [-0.4, -0.2) is 11.6 Å². The zero-order valence-corrected chi connectivity index (χ0v) is 12.1. The van der Waals surface area contributed by atoms with Crippen molar-refractivity contribution >= 4 is 11.6 Å². The SMILES string of the molecule is CCCCCCCCCCOc1ncccc1Cl. The summed E-state index contributed by atoms with van der Waals surface area (Å²) >= 11 is 5.95.